The van der Waals surface area contributed by atoms with Crippen LogP contribution in [0.25, 0.3) is 22.2 Å². The van der Waals surface area contributed by atoms with Crippen LogP contribution in [0.5, 0.6) is 0 Å². The van der Waals surface area contributed by atoms with Gasteiger partial charge < -0.3 is 19.4 Å². The Labute approximate surface area is 227 Å². The minimum atomic E-state index is -1.07. The third-order valence-electron chi connectivity index (χ3n) is 6.78. The molecule has 0 fully saturated rings. The summed E-state index contributed by atoms with van der Waals surface area (Å²) >= 11 is 0. The summed E-state index contributed by atoms with van der Waals surface area (Å²) in [5, 5.41) is 13.3. The Bertz CT molecular complexity index is 1560. The molecule has 198 valence electrons. The van der Waals surface area contributed by atoms with Crippen molar-refractivity contribution in [2.45, 2.75) is 44.8 Å². The molecule has 2 aromatic heterocycles. The van der Waals surface area contributed by atoms with Gasteiger partial charge >= 0.3 is 12.1 Å². The quantitative estimate of drug-likeness (QED) is 0.347. The van der Waals surface area contributed by atoms with E-state index in [0.717, 1.165) is 27.6 Å². The molecule has 2 heterocycles. The summed E-state index contributed by atoms with van der Waals surface area (Å²) in [5.74, 6) is -0.730. The van der Waals surface area contributed by atoms with Crippen LogP contribution >= 0.6 is 0 Å². The van der Waals surface area contributed by atoms with Crippen LogP contribution in [0.1, 0.15) is 49.1 Å². The van der Waals surface area contributed by atoms with Gasteiger partial charge in [0.2, 0.25) is 0 Å². The summed E-state index contributed by atoms with van der Waals surface area (Å²) in [5.41, 5.74) is 5.06. The van der Waals surface area contributed by atoms with Crippen LogP contribution in [0.15, 0.2) is 66.9 Å². The lowest BCUT2D eigenvalue weighted by Crippen LogP contribution is -2.46. The van der Waals surface area contributed by atoms with Gasteiger partial charge in [0.1, 0.15) is 35.7 Å². The fraction of sp³-hybridized carbons (Fsp3) is 0.290. The normalized spacial score (nSPS) is 13.3. The van der Waals surface area contributed by atoms with E-state index in [0.29, 0.717) is 11.2 Å². The summed E-state index contributed by atoms with van der Waals surface area (Å²) in [7, 11) is 1.85. The fourth-order valence-corrected chi connectivity index (χ4v) is 5.05. The standard InChI is InChI=1S/C31H30N4O4/c1-31(2,3)39-29(36)26(16-20-15-19-13-14-35(4)28(19)33-27(20)17-32)34-30(37)38-18-25-23-11-7-5-9-21(23)22-10-6-8-12-24(22)25/h5-15,25-26H,16,18H2,1-4H3,(H,34,37)/t26-/m0/s1. The Morgan fingerprint density at radius 3 is 2.33 bits per heavy atom. The minimum Gasteiger partial charge on any atom is -0.458 e. The highest BCUT2D eigenvalue weighted by molar-refractivity contribution is 5.83. The van der Waals surface area contributed by atoms with E-state index >= 15 is 0 Å². The molecule has 0 aliphatic heterocycles. The fourth-order valence-electron chi connectivity index (χ4n) is 5.05. The Morgan fingerprint density at radius 2 is 1.72 bits per heavy atom. The summed E-state index contributed by atoms with van der Waals surface area (Å²) in [6, 6.07) is 20.9. The second-order valence-electron chi connectivity index (χ2n) is 10.7. The predicted molar refractivity (Wildman–Crippen MR) is 147 cm³/mol. The molecule has 0 saturated heterocycles. The van der Waals surface area contributed by atoms with Crippen LogP contribution in [0.3, 0.4) is 0 Å². The van der Waals surface area contributed by atoms with E-state index in [1.807, 2.05) is 66.3 Å². The SMILES string of the molecule is Cn1ccc2cc(C[C@H](NC(=O)OCC3c4ccccc4-c4ccccc43)C(=O)OC(C)(C)C)c(C#N)nc21. The lowest BCUT2D eigenvalue weighted by molar-refractivity contribution is -0.157. The van der Waals surface area contributed by atoms with Crippen molar-refractivity contribution in [3.05, 3.63) is 89.2 Å². The molecule has 39 heavy (non-hydrogen) atoms. The molecular weight excluding hydrogens is 492 g/mol. The van der Waals surface area contributed by atoms with Gasteiger partial charge in [0.25, 0.3) is 0 Å². The van der Waals surface area contributed by atoms with Gasteiger partial charge in [-0.25, -0.2) is 14.6 Å². The van der Waals surface area contributed by atoms with Crippen LogP contribution in [0.2, 0.25) is 0 Å². The van der Waals surface area contributed by atoms with Gasteiger partial charge in [0.15, 0.2) is 0 Å². The van der Waals surface area contributed by atoms with Crippen LogP contribution in [0.4, 0.5) is 4.79 Å². The summed E-state index contributed by atoms with van der Waals surface area (Å²) in [4.78, 5) is 30.6. The summed E-state index contributed by atoms with van der Waals surface area (Å²) < 4.78 is 13.1. The first-order valence-electron chi connectivity index (χ1n) is 12.8. The second kappa shape index (κ2) is 10.3. The lowest BCUT2D eigenvalue weighted by atomic mass is 9.98. The highest BCUT2D eigenvalue weighted by Crippen LogP contribution is 2.44. The predicted octanol–water partition coefficient (Wildman–Crippen LogP) is 5.24. The Hall–Kier alpha value is -4.64. The molecule has 5 rings (SSSR count). The number of pyridine rings is 1. The molecular formula is C31H30N4O4. The van der Waals surface area contributed by atoms with Gasteiger partial charge in [0, 0.05) is 31.0 Å². The number of nitrogens with zero attached hydrogens (tertiary/aromatic N) is 3. The van der Waals surface area contributed by atoms with Gasteiger partial charge in [-0.15, -0.1) is 0 Å². The van der Waals surface area contributed by atoms with Crippen molar-refractivity contribution in [1.29, 1.82) is 5.26 Å². The number of hydrogen-bond acceptors (Lipinski definition) is 6. The number of fused-ring (bicyclic) bond motifs is 4. The van der Waals surface area contributed by atoms with Crippen molar-refractivity contribution in [3.63, 3.8) is 0 Å². The highest BCUT2D eigenvalue weighted by Gasteiger charge is 2.31. The van der Waals surface area contributed by atoms with E-state index in [9.17, 15) is 14.9 Å². The van der Waals surface area contributed by atoms with E-state index in [4.69, 9.17) is 9.47 Å². The number of alkyl carbamates (subject to hydrolysis) is 1. The maximum atomic E-state index is 13.2. The number of nitriles is 1. The van der Waals surface area contributed by atoms with Crippen molar-refractivity contribution in [2.24, 2.45) is 7.05 Å². The minimum absolute atomic E-state index is 0.0276. The van der Waals surface area contributed by atoms with Crippen LogP contribution < -0.4 is 5.32 Å². The number of rotatable bonds is 6. The largest absolute Gasteiger partial charge is 0.458 e. The van der Waals surface area contributed by atoms with E-state index in [1.165, 1.54) is 0 Å². The first kappa shape index (κ1) is 26.0. The Morgan fingerprint density at radius 1 is 1.08 bits per heavy atom. The van der Waals surface area contributed by atoms with Crippen molar-refractivity contribution >= 4 is 23.1 Å². The van der Waals surface area contributed by atoms with Gasteiger partial charge in [-0.2, -0.15) is 5.26 Å². The molecule has 4 aromatic rings. The number of ether oxygens (including phenoxy) is 2. The van der Waals surface area contributed by atoms with Gasteiger partial charge in [0.05, 0.1) is 0 Å². The zero-order valence-electron chi connectivity index (χ0n) is 22.4. The van der Waals surface area contributed by atoms with E-state index in [2.05, 4.69) is 28.5 Å². The average molecular weight is 523 g/mol. The zero-order chi connectivity index (χ0) is 27.7. The number of hydrogen-bond donors (Lipinski definition) is 1. The molecule has 8 nitrogen and oxygen atoms in total. The van der Waals surface area contributed by atoms with Gasteiger partial charge in [-0.05, 0) is 60.7 Å². The zero-order valence-corrected chi connectivity index (χ0v) is 22.4. The lowest BCUT2D eigenvalue weighted by Gasteiger charge is -2.25. The molecule has 0 bridgehead atoms. The van der Waals surface area contributed by atoms with E-state index in [1.54, 1.807) is 20.8 Å². The van der Waals surface area contributed by atoms with Gasteiger partial charge in [-0.1, -0.05) is 48.5 Å². The topological polar surface area (TPSA) is 106 Å². The number of esters is 1. The molecule has 0 saturated carbocycles. The molecule has 2 aromatic carbocycles. The molecule has 1 N–H and O–H groups in total. The molecule has 1 atom stereocenters. The average Bonchev–Trinajstić information content (AvgIpc) is 3.42. The molecule has 1 amide bonds. The number of carbonyl (C=O) groups excluding carboxylic acids is 2. The number of nitrogens with one attached hydrogen (secondary N) is 1. The summed E-state index contributed by atoms with van der Waals surface area (Å²) in [6.07, 6.45) is 1.14. The molecule has 0 spiro atoms. The first-order chi connectivity index (χ1) is 18.6. The molecule has 8 heteroatoms. The number of carbonyl (C=O) groups is 2. The number of benzene rings is 2. The smallest absolute Gasteiger partial charge is 0.407 e. The first-order valence-corrected chi connectivity index (χ1v) is 12.8. The number of aryl methyl sites for hydroxylation is 1. The van der Waals surface area contributed by atoms with E-state index in [-0.39, 0.29) is 24.6 Å². The molecule has 0 unspecified atom stereocenters. The van der Waals surface area contributed by atoms with Crippen molar-refractivity contribution in [3.8, 4) is 17.2 Å². The third-order valence-corrected chi connectivity index (χ3v) is 6.78. The monoisotopic (exact) mass is 522 g/mol. The van der Waals surface area contributed by atoms with E-state index < -0.39 is 23.7 Å². The van der Waals surface area contributed by atoms with Crippen molar-refractivity contribution in [2.75, 3.05) is 6.61 Å². The molecule has 1 aliphatic carbocycles. The van der Waals surface area contributed by atoms with Gasteiger partial charge in [-0.3, -0.25) is 0 Å². The number of aromatic nitrogens is 2. The maximum absolute atomic E-state index is 13.2. The van der Waals surface area contributed by atoms with Crippen LogP contribution in [-0.2, 0) is 27.7 Å². The third kappa shape index (κ3) is 5.34. The van der Waals surface area contributed by atoms with Crippen LogP contribution in [0, 0.1) is 11.3 Å². The second-order valence-corrected chi connectivity index (χ2v) is 10.7. The Balaban J connectivity index is 1.36. The van der Waals surface area contributed by atoms with Crippen molar-refractivity contribution < 1.29 is 19.1 Å². The summed E-state index contributed by atoms with van der Waals surface area (Å²) in [6.45, 7) is 5.39. The molecule has 0 radical (unpaired) electrons. The number of amides is 1. The Kier molecular flexibility index (Phi) is 6.83. The maximum Gasteiger partial charge on any atom is 0.407 e. The highest BCUT2D eigenvalue weighted by atomic mass is 16.6. The van der Waals surface area contributed by atoms with Crippen molar-refractivity contribution in [1.82, 2.24) is 14.9 Å². The van der Waals surface area contributed by atoms with Crippen LogP contribution in [-0.4, -0.2) is 39.9 Å². The molecule has 1 aliphatic rings.